The third kappa shape index (κ3) is 3.60. The molecule has 1 rings (SSSR count). The van der Waals surface area contributed by atoms with Crippen LogP contribution in [0, 0.1) is 0 Å². The highest BCUT2D eigenvalue weighted by Crippen LogP contribution is 2.14. The van der Waals surface area contributed by atoms with E-state index in [4.69, 9.17) is 4.74 Å². The van der Waals surface area contributed by atoms with Crippen LogP contribution >= 0.6 is 0 Å². The molecule has 1 heterocycles. The number of aromatic nitrogens is 1. The molecule has 0 aromatic carbocycles. The number of hydrogen-bond acceptors (Lipinski definition) is 3. The molecular weight excluding hydrogens is 183 g/mol. The second kappa shape index (κ2) is 5.42. The Kier molecular flexibility index (Phi) is 4.16. The summed E-state index contributed by atoms with van der Waals surface area (Å²) in [7, 11) is 0. The van der Waals surface area contributed by atoms with E-state index >= 15 is 0 Å². The fourth-order valence-corrected chi connectivity index (χ4v) is 1.03. The molecule has 0 bridgehead atoms. The molecular formula is C10H15FN2O. The van der Waals surface area contributed by atoms with E-state index in [1.54, 1.807) is 18.3 Å². The van der Waals surface area contributed by atoms with Gasteiger partial charge in [0.1, 0.15) is 24.8 Å². The molecule has 0 fully saturated rings. The second-order valence-electron chi connectivity index (χ2n) is 3.21. The maximum Gasteiger partial charge on any atom is 0.129 e. The Morgan fingerprint density at radius 3 is 3.00 bits per heavy atom. The van der Waals surface area contributed by atoms with Crippen molar-refractivity contribution >= 4 is 5.82 Å². The minimum absolute atomic E-state index is 0.0884. The maximum atomic E-state index is 11.8. The van der Waals surface area contributed by atoms with E-state index in [1.807, 2.05) is 13.8 Å². The summed E-state index contributed by atoms with van der Waals surface area (Å²) in [5.41, 5.74) is 0. The highest BCUT2D eigenvalue weighted by molar-refractivity contribution is 5.41. The van der Waals surface area contributed by atoms with Gasteiger partial charge in [-0.05, 0) is 19.9 Å². The molecule has 4 heteroatoms. The van der Waals surface area contributed by atoms with E-state index in [9.17, 15) is 4.39 Å². The number of halogens is 1. The largest absolute Gasteiger partial charge is 0.491 e. The van der Waals surface area contributed by atoms with Crippen LogP contribution in [-0.4, -0.2) is 24.3 Å². The van der Waals surface area contributed by atoms with Crippen LogP contribution in [0.5, 0.6) is 5.75 Å². The van der Waals surface area contributed by atoms with Gasteiger partial charge in [-0.1, -0.05) is 0 Å². The van der Waals surface area contributed by atoms with Gasteiger partial charge < -0.3 is 10.1 Å². The lowest BCUT2D eigenvalue weighted by Gasteiger charge is -2.10. The highest BCUT2D eigenvalue weighted by atomic mass is 19.1. The van der Waals surface area contributed by atoms with Gasteiger partial charge in [0.15, 0.2) is 0 Å². The monoisotopic (exact) mass is 198 g/mol. The van der Waals surface area contributed by atoms with Gasteiger partial charge in [-0.2, -0.15) is 0 Å². The molecule has 1 aromatic rings. The van der Waals surface area contributed by atoms with Gasteiger partial charge in [-0.3, -0.25) is 0 Å². The molecule has 0 saturated carbocycles. The van der Waals surface area contributed by atoms with Gasteiger partial charge in [0.05, 0.1) is 0 Å². The first-order chi connectivity index (χ1) is 6.72. The zero-order valence-electron chi connectivity index (χ0n) is 8.46. The van der Waals surface area contributed by atoms with Crippen molar-refractivity contribution < 1.29 is 9.13 Å². The van der Waals surface area contributed by atoms with Crippen molar-refractivity contribution in [2.24, 2.45) is 0 Å². The number of pyridine rings is 1. The number of rotatable bonds is 5. The van der Waals surface area contributed by atoms with Gasteiger partial charge >= 0.3 is 0 Å². The SMILES string of the molecule is CC(C)Nc1cc(OCCF)ccn1. The maximum absolute atomic E-state index is 11.8. The highest BCUT2D eigenvalue weighted by Gasteiger charge is 1.99. The van der Waals surface area contributed by atoms with E-state index < -0.39 is 6.67 Å². The number of ether oxygens (including phenoxy) is 1. The minimum Gasteiger partial charge on any atom is -0.491 e. The predicted octanol–water partition coefficient (Wildman–Crippen LogP) is 2.25. The third-order valence-electron chi connectivity index (χ3n) is 1.51. The average Bonchev–Trinajstić information content (AvgIpc) is 2.14. The molecule has 78 valence electrons. The van der Waals surface area contributed by atoms with Crippen molar-refractivity contribution in [1.29, 1.82) is 0 Å². The molecule has 0 radical (unpaired) electrons. The molecule has 0 amide bonds. The molecule has 3 nitrogen and oxygen atoms in total. The average molecular weight is 198 g/mol. The van der Waals surface area contributed by atoms with Crippen molar-refractivity contribution in [3.8, 4) is 5.75 Å². The van der Waals surface area contributed by atoms with Crippen LogP contribution in [-0.2, 0) is 0 Å². The summed E-state index contributed by atoms with van der Waals surface area (Å²) in [6.07, 6.45) is 1.64. The van der Waals surface area contributed by atoms with Crippen LogP contribution in [0.1, 0.15) is 13.8 Å². The molecule has 0 atom stereocenters. The first-order valence-corrected chi connectivity index (χ1v) is 4.63. The quantitative estimate of drug-likeness (QED) is 0.788. The Balaban J connectivity index is 2.59. The Labute approximate surface area is 83.3 Å². The van der Waals surface area contributed by atoms with Crippen LogP contribution < -0.4 is 10.1 Å². The van der Waals surface area contributed by atoms with E-state index in [2.05, 4.69) is 10.3 Å². The third-order valence-corrected chi connectivity index (χ3v) is 1.51. The van der Waals surface area contributed by atoms with Gasteiger partial charge in [-0.25, -0.2) is 9.37 Å². The molecule has 0 aliphatic heterocycles. The number of alkyl halides is 1. The van der Waals surface area contributed by atoms with Crippen molar-refractivity contribution in [3.05, 3.63) is 18.3 Å². The normalized spacial score (nSPS) is 10.3. The van der Waals surface area contributed by atoms with Gasteiger partial charge in [-0.15, -0.1) is 0 Å². The Morgan fingerprint density at radius 1 is 1.57 bits per heavy atom. The van der Waals surface area contributed by atoms with E-state index in [-0.39, 0.29) is 6.61 Å². The summed E-state index contributed by atoms with van der Waals surface area (Å²) >= 11 is 0. The van der Waals surface area contributed by atoms with E-state index in [1.165, 1.54) is 0 Å². The zero-order chi connectivity index (χ0) is 10.4. The van der Waals surface area contributed by atoms with Crippen molar-refractivity contribution in [1.82, 2.24) is 4.98 Å². The number of hydrogen-bond donors (Lipinski definition) is 1. The molecule has 0 unspecified atom stereocenters. The number of nitrogens with one attached hydrogen (secondary N) is 1. The van der Waals surface area contributed by atoms with Crippen molar-refractivity contribution in [2.45, 2.75) is 19.9 Å². The van der Waals surface area contributed by atoms with Gasteiger partial charge in [0.2, 0.25) is 0 Å². The lowest BCUT2D eigenvalue weighted by molar-refractivity contribution is 0.273. The molecule has 0 aliphatic carbocycles. The summed E-state index contributed by atoms with van der Waals surface area (Å²) in [4.78, 5) is 4.10. The van der Waals surface area contributed by atoms with Crippen LogP contribution in [0.3, 0.4) is 0 Å². The van der Waals surface area contributed by atoms with E-state index in [0.717, 1.165) is 5.82 Å². The first-order valence-electron chi connectivity index (χ1n) is 4.63. The zero-order valence-corrected chi connectivity index (χ0v) is 8.46. The van der Waals surface area contributed by atoms with Crippen molar-refractivity contribution in [3.63, 3.8) is 0 Å². The molecule has 0 saturated heterocycles. The first kappa shape index (κ1) is 10.8. The van der Waals surface area contributed by atoms with Crippen molar-refractivity contribution in [2.75, 3.05) is 18.6 Å². The topological polar surface area (TPSA) is 34.1 Å². The lowest BCUT2D eigenvalue weighted by atomic mass is 10.3. The number of anilines is 1. The Hall–Kier alpha value is -1.32. The van der Waals surface area contributed by atoms with Crippen LogP contribution in [0.2, 0.25) is 0 Å². The van der Waals surface area contributed by atoms with Gasteiger partial charge in [0.25, 0.3) is 0 Å². The fourth-order valence-electron chi connectivity index (χ4n) is 1.03. The van der Waals surface area contributed by atoms with Crippen LogP contribution in [0.4, 0.5) is 10.2 Å². The van der Waals surface area contributed by atoms with Crippen LogP contribution in [0.25, 0.3) is 0 Å². The second-order valence-corrected chi connectivity index (χ2v) is 3.21. The molecule has 14 heavy (non-hydrogen) atoms. The molecule has 1 N–H and O–H groups in total. The van der Waals surface area contributed by atoms with Gasteiger partial charge in [0, 0.05) is 18.3 Å². The summed E-state index contributed by atoms with van der Waals surface area (Å²) in [5.74, 6) is 1.39. The Bertz CT molecular complexity index is 279. The lowest BCUT2D eigenvalue weighted by Crippen LogP contribution is -2.11. The molecule has 1 aromatic heterocycles. The molecule has 0 spiro atoms. The summed E-state index contributed by atoms with van der Waals surface area (Å²) < 4.78 is 17.0. The molecule has 0 aliphatic rings. The standard InChI is InChI=1S/C10H15FN2O/c1-8(2)13-10-7-9(3-5-12-10)14-6-4-11/h3,5,7-8H,4,6H2,1-2H3,(H,12,13). The predicted molar refractivity (Wildman–Crippen MR) is 54.5 cm³/mol. The summed E-state index contributed by atoms with van der Waals surface area (Å²) in [5, 5.41) is 3.14. The van der Waals surface area contributed by atoms with E-state index in [0.29, 0.717) is 11.8 Å². The summed E-state index contributed by atoms with van der Waals surface area (Å²) in [6, 6.07) is 3.79. The smallest absolute Gasteiger partial charge is 0.129 e. The Morgan fingerprint density at radius 2 is 2.36 bits per heavy atom. The summed E-state index contributed by atoms with van der Waals surface area (Å²) in [6.45, 7) is 3.66. The number of nitrogens with zero attached hydrogens (tertiary/aromatic N) is 1. The van der Waals surface area contributed by atoms with Crippen LogP contribution in [0.15, 0.2) is 18.3 Å². The fraction of sp³-hybridized carbons (Fsp3) is 0.500. The minimum atomic E-state index is -0.477.